The fourth-order valence-corrected chi connectivity index (χ4v) is 1.35. The van der Waals surface area contributed by atoms with Gasteiger partial charge in [0.15, 0.2) is 5.78 Å². The SMILES string of the molecule is CCOC(=O)CC(=O)CN(C)C1CC1. The lowest BCUT2D eigenvalue weighted by atomic mass is 10.2. The standard InChI is InChI=1S/C10H17NO3/c1-3-14-10(13)6-9(12)7-11(2)8-4-5-8/h8H,3-7H2,1-2H3. The van der Waals surface area contributed by atoms with Gasteiger partial charge < -0.3 is 4.74 Å². The van der Waals surface area contributed by atoms with Crippen molar-refractivity contribution in [3.63, 3.8) is 0 Å². The molecule has 4 nitrogen and oxygen atoms in total. The normalized spacial score (nSPS) is 15.6. The monoisotopic (exact) mass is 199 g/mol. The van der Waals surface area contributed by atoms with Crippen molar-refractivity contribution >= 4 is 11.8 Å². The number of esters is 1. The first kappa shape index (κ1) is 11.2. The van der Waals surface area contributed by atoms with E-state index in [1.807, 2.05) is 11.9 Å². The van der Waals surface area contributed by atoms with Crippen LogP contribution in [0.2, 0.25) is 0 Å². The second-order valence-corrected chi connectivity index (χ2v) is 3.67. The zero-order chi connectivity index (χ0) is 10.6. The number of carbonyl (C=O) groups is 2. The largest absolute Gasteiger partial charge is 0.466 e. The molecular formula is C10H17NO3. The van der Waals surface area contributed by atoms with Crippen LogP contribution in [0.5, 0.6) is 0 Å². The molecule has 80 valence electrons. The number of likely N-dealkylation sites (N-methyl/N-ethyl adjacent to an activating group) is 1. The Morgan fingerprint density at radius 1 is 1.43 bits per heavy atom. The molecule has 4 heteroatoms. The van der Waals surface area contributed by atoms with Gasteiger partial charge in [-0.1, -0.05) is 0 Å². The van der Waals surface area contributed by atoms with Gasteiger partial charge in [-0.3, -0.25) is 14.5 Å². The average Bonchev–Trinajstić information content (AvgIpc) is 2.85. The van der Waals surface area contributed by atoms with E-state index in [0.29, 0.717) is 19.2 Å². The van der Waals surface area contributed by atoms with Gasteiger partial charge in [0.1, 0.15) is 6.42 Å². The molecular weight excluding hydrogens is 182 g/mol. The second kappa shape index (κ2) is 5.10. The van der Waals surface area contributed by atoms with Crippen LogP contribution in [0.1, 0.15) is 26.2 Å². The average molecular weight is 199 g/mol. The third-order valence-electron chi connectivity index (χ3n) is 2.24. The Bertz CT molecular complexity index is 223. The van der Waals surface area contributed by atoms with Crippen molar-refractivity contribution in [3.05, 3.63) is 0 Å². The number of nitrogens with zero attached hydrogens (tertiary/aromatic N) is 1. The number of hydrogen-bond acceptors (Lipinski definition) is 4. The molecule has 0 unspecified atom stereocenters. The Balaban J connectivity index is 2.17. The Morgan fingerprint density at radius 3 is 2.57 bits per heavy atom. The predicted octanol–water partition coefficient (Wildman–Crippen LogP) is 0.603. The Hall–Kier alpha value is -0.900. The highest BCUT2D eigenvalue weighted by Gasteiger charge is 2.27. The molecule has 1 aliphatic rings. The van der Waals surface area contributed by atoms with E-state index >= 15 is 0 Å². The minimum Gasteiger partial charge on any atom is -0.466 e. The Labute approximate surface area is 84.2 Å². The molecule has 1 saturated carbocycles. The third-order valence-corrected chi connectivity index (χ3v) is 2.24. The van der Waals surface area contributed by atoms with E-state index in [1.165, 1.54) is 12.8 Å². The summed E-state index contributed by atoms with van der Waals surface area (Å²) < 4.78 is 4.69. The zero-order valence-electron chi connectivity index (χ0n) is 8.78. The molecule has 0 radical (unpaired) electrons. The maximum absolute atomic E-state index is 11.3. The van der Waals surface area contributed by atoms with Crippen LogP contribution in [0.15, 0.2) is 0 Å². The lowest BCUT2D eigenvalue weighted by molar-refractivity contribution is -0.145. The first-order valence-electron chi connectivity index (χ1n) is 5.01. The number of rotatable bonds is 6. The van der Waals surface area contributed by atoms with Crippen molar-refractivity contribution in [2.45, 2.75) is 32.2 Å². The lowest BCUT2D eigenvalue weighted by Gasteiger charge is -2.13. The summed E-state index contributed by atoms with van der Waals surface area (Å²) in [5.41, 5.74) is 0. The van der Waals surface area contributed by atoms with Gasteiger partial charge in [0.2, 0.25) is 0 Å². The van der Waals surface area contributed by atoms with Crippen LogP contribution in [0.3, 0.4) is 0 Å². The molecule has 0 N–H and O–H groups in total. The van der Waals surface area contributed by atoms with Gasteiger partial charge in [0.05, 0.1) is 13.2 Å². The second-order valence-electron chi connectivity index (χ2n) is 3.67. The molecule has 0 atom stereocenters. The third kappa shape index (κ3) is 3.87. The van der Waals surface area contributed by atoms with Gasteiger partial charge in [-0.25, -0.2) is 0 Å². The van der Waals surface area contributed by atoms with E-state index in [0.717, 1.165) is 0 Å². The van der Waals surface area contributed by atoms with E-state index < -0.39 is 5.97 Å². The summed E-state index contributed by atoms with van der Waals surface area (Å²) in [6.45, 7) is 2.44. The molecule has 0 heterocycles. The fraction of sp³-hybridized carbons (Fsp3) is 0.800. The Kier molecular flexibility index (Phi) is 4.07. The lowest BCUT2D eigenvalue weighted by Crippen LogP contribution is -2.29. The minimum atomic E-state index is -0.415. The summed E-state index contributed by atoms with van der Waals surface area (Å²) in [5, 5.41) is 0. The van der Waals surface area contributed by atoms with E-state index in [9.17, 15) is 9.59 Å². The predicted molar refractivity (Wildman–Crippen MR) is 51.9 cm³/mol. The van der Waals surface area contributed by atoms with E-state index in [4.69, 9.17) is 4.74 Å². The summed E-state index contributed by atoms with van der Waals surface area (Å²) in [6.07, 6.45) is 2.25. The molecule has 0 aliphatic heterocycles. The van der Waals surface area contributed by atoms with Crippen molar-refractivity contribution in [1.29, 1.82) is 0 Å². The van der Waals surface area contributed by atoms with E-state index in [1.54, 1.807) is 6.92 Å². The van der Waals surface area contributed by atoms with Crippen molar-refractivity contribution in [2.75, 3.05) is 20.2 Å². The van der Waals surface area contributed by atoms with Crippen LogP contribution in [0.25, 0.3) is 0 Å². The van der Waals surface area contributed by atoms with E-state index in [2.05, 4.69) is 0 Å². The topological polar surface area (TPSA) is 46.6 Å². The summed E-state index contributed by atoms with van der Waals surface area (Å²) in [5.74, 6) is -0.473. The molecule has 14 heavy (non-hydrogen) atoms. The molecule has 0 aromatic carbocycles. The maximum Gasteiger partial charge on any atom is 0.313 e. The highest BCUT2D eigenvalue weighted by Crippen LogP contribution is 2.24. The molecule has 1 rings (SSSR count). The smallest absolute Gasteiger partial charge is 0.313 e. The van der Waals surface area contributed by atoms with E-state index in [-0.39, 0.29) is 12.2 Å². The molecule has 1 aliphatic carbocycles. The Morgan fingerprint density at radius 2 is 2.07 bits per heavy atom. The van der Waals surface area contributed by atoms with Gasteiger partial charge >= 0.3 is 5.97 Å². The van der Waals surface area contributed by atoms with Gasteiger partial charge in [-0.15, -0.1) is 0 Å². The van der Waals surface area contributed by atoms with Crippen LogP contribution >= 0.6 is 0 Å². The highest BCUT2D eigenvalue weighted by molar-refractivity contribution is 5.96. The molecule has 0 spiro atoms. The van der Waals surface area contributed by atoms with Gasteiger partial charge in [0.25, 0.3) is 0 Å². The highest BCUT2D eigenvalue weighted by atomic mass is 16.5. The summed E-state index contributed by atoms with van der Waals surface area (Å²) in [7, 11) is 1.92. The van der Waals surface area contributed by atoms with Crippen molar-refractivity contribution < 1.29 is 14.3 Å². The zero-order valence-corrected chi connectivity index (χ0v) is 8.78. The molecule has 1 fully saturated rings. The van der Waals surface area contributed by atoms with Crippen LogP contribution in [0, 0.1) is 0 Å². The van der Waals surface area contributed by atoms with Crippen molar-refractivity contribution in [1.82, 2.24) is 4.90 Å². The summed E-state index contributed by atoms with van der Waals surface area (Å²) >= 11 is 0. The molecule has 0 aromatic rings. The first-order valence-corrected chi connectivity index (χ1v) is 5.01. The number of carbonyl (C=O) groups excluding carboxylic acids is 2. The van der Waals surface area contributed by atoms with Gasteiger partial charge in [-0.2, -0.15) is 0 Å². The minimum absolute atomic E-state index is 0.0575. The van der Waals surface area contributed by atoms with Crippen LogP contribution in [0.4, 0.5) is 0 Å². The number of Topliss-reactive ketones (excluding diaryl/α,β-unsaturated/α-hetero) is 1. The van der Waals surface area contributed by atoms with Crippen LogP contribution < -0.4 is 0 Å². The maximum atomic E-state index is 11.3. The molecule has 0 saturated heterocycles. The number of ketones is 1. The fourth-order valence-electron chi connectivity index (χ4n) is 1.35. The van der Waals surface area contributed by atoms with Gasteiger partial charge in [0, 0.05) is 6.04 Å². The molecule has 0 aromatic heterocycles. The number of hydrogen-bond donors (Lipinski definition) is 0. The summed E-state index contributed by atoms with van der Waals surface area (Å²) in [4.78, 5) is 24.3. The summed E-state index contributed by atoms with van der Waals surface area (Å²) in [6, 6.07) is 0.557. The van der Waals surface area contributed by atoms with Crippen LogP contribution in [-0.4, -0.2) is 42.9 Å². The molecule has 0 amide bonds. The number of ether oxygens (including phenoxy) is 1. The quantitative estimate of drug-likeness (QED) is 0.464. The van der Waals surface area contributed by atoms with Crippen molar-refractivity contribution in [2.24, 2.45) is 0 Å². The van der Waals surface area contributed by atoms with Crippen LogP contribution in [-0.2, 0) is 14.3 Å². The first-order chi connectivity index (χ1) is 6.63. The molecule has 0 bridgehead atoms. The van der Waals surface area contributed by atoms with Crippen molar-refractivity contribution in [3.8, 4) is 0 Å². The van der Waals surface area contributed by atoms with Gasteiger partial charge in [-0.05, 0) is 26.8 Å².